The predicted molar refractivity (Wildman–Crippen MR) is 77.5 cm³/mol. The van der Waals surface area contributed by atoms with E-state index in [4.69, 9.17) is 0 Å². The van der Waals surface area contributed by atoms with Gasteiger partial charge in [0, 0.05) is 10.5 Å². The molecule has 0 atom stereocenters. The molecule has 0 aliphatic carbocycles. The van der Waals surface area contributed by atoms with Crippen LogP contribution in [0, 0.1) is 0 Å². The second-order valence-corrected chi connectivity index (χ2v) is 5.72. The monoisotopic (exact) mass is 263 g/mol. The first-order valence-electron chi connectivity index (χ1n) is 6.69. The summed E-state index contributed by atoms with van der Waals surface area (Å²) < 4.78 is 0. The van der Waals surface area contributed by atoms with Crippen LogP contribution in [0.1, 0.15) is 36.0 Å². The SMILES string of the molecule is CSc1ccc(C(=O)CN2CCCCCC2)cc1. The summed E-state index contributed by atoms with van der Waals surface area (Å²) in [4.78, 5) is 15.7. The van der Waals surface area contributed by atoms with E-state index in [2.05, 4.69) is 4.90 Å². The van der Waals surface area contributed by atoms with Gasteiger partial charge in [-0.25, -0.2) is 0 Å². The molecule has 1 aromatic carbocycles. The van der Waals surface area contributed by atoms with Gasteiger partial charge < -0.3 is 0 Å². The normalized spacial score (nSPS) is 17.4. The van der Waals surface area contributed by atoms with Crippen LogP contribution in [0.25, 0.3) is 0 Å². The number of hydrogen-bond donors (Lipinski definition) is 0. The van der Waals surface area contributed by atoms with Crippen LogP contribution in [0.5, 0.6) is 0 Å². The molecule has 1 aromatic rings. The summed E-state index contributed by atoms with van der Waals surface area (Å²) in [5.74, 6) is 0.254. The highest BCUT2D eigenvalue weighted by atomic mass is 32.2. The van der Waals surface area contributed by atoms with Crippen LogP contribution in [0.3, 0.4) is 0 Å². The van der Waals surface area contributed by atoms with Crippen LogP contribution in [0.15, 0.2) is 29.2 Å². The molecule has 0 aromatic heterocycles. The van der Waals surface area contributed by atoms with E-state index in [1.54, 1.807) is 11.8 Å². The predicted octanol–water partition coefficient (Wildman–Crippen LogP) is 3.47. The third-order valence-electron chi connectivity index (χ3n) is 3.48. The zero-order valence-corrected chi connectivity index (χ0v) is 11.8. The summed E-state index contributed by atoms with van der Waals surface area (Å²) in [6.45, 7) is 2.74. The van der Waals surface area contributed by atoms with Crippen LogP contribution in [0.4, 0.5) is 0 Å². The summed E-state index contributed by atoms with van der Waals surface area (Å²) in [5, 5.41) is 0. The third kappa shape index (κ3) is 3.85. The molecule has 0 saturated carbocycles. The van der Waals surface area contributed by atoms with E-state index in [0.717, 1.165) is 18.7 Å². The summed E-state index contributed by atoms with van der Waals surface area (Å²) >= 11 is 1.71. The van der Waals surface area contributed by atoms with Crippen molar-refractivity contribution in [1.29, 1.82) is 0 Å². The van der Waals surface area contributed by atoms with Gasteiger partial charge in [-0.1, -0.05) is 25.0 Å². The van der Waals surface area contributed by atoms with Crippen molar-refractivity contribution in [3.8, 4) is 0 Å². The van der Waals surface area contributed by atoms with Crippen molar-refractivity contribution in [3.63, 3.8) is 0 Å². The molecule has 2 nitrogen and oxygen atoms in total. The minimum absolute atomic E-state index is 0.254. The molecule has 1 fully saturated rings. The Morgan fingerprint density at radius 1 is 1.11 bits per heavy atom. The van der Waals surface area contributed by atoms with E-state index >= 15 is 0 Å². The molecule has 2 rings (SSSR count). The van der Waals surface area contributed by atoms with Crippen molar-refractivity contribution in [2.24, 2.45) is 0 Å². The summed E-state index contributed by atoms with van der Waals surface area (Å²) in [6.07, 6.45) is 7.14. The van der Waals surface area contributed by atoms with Crippen LogP contribution < -0.4 is 0 Å². The fourth-order valence-corrected chi connectivity index (χ4v) is 2.77. The first kappa shape index (κ1) is 13.6. The zero-order valence-electron chi connectivity index (χ0n) is 11.0. The smallest absolute Gasteiger partial charge is 0.176 e. The standard InChI is InChI=1S/C15H21NOS/c1-18-14-8-6-13(7-9-14)15(17)12-16-10-4-2-3-5-11-16/h6-9H,2-5,10-12H2,1H3. The van der Waals surface area contributed by atoms with Gasteiger partial charge in [-0.15, -0.1) is 11.8 Å². The number of thioether (sulfide) groups is 1. The van der Waals surface area contributed by atoms with Gasteiger partial charge in [0.2, 0.25) is 0 Å². The van der Waals surface area contributed by atoms with E-state index in [9.17, 15) is 4.79 Å². The topological polar surface area (TPSA) is 20.3 Å². The largest absolute Gasteiger partial charge is 0.296 e. The Morgan fingerprint density at radius 3 is 2.28 bits per heavy atom. The first-order valence-corrected chi connectivity index (χ1v) is 7.91. The van der Waals surface area contributed by atoms with Crippen LogP contribution in [0.2, 0.25) is 0 Å². The zero-order chi connectivity index (χ0) is 12.8. The Morgan fingerprint density at radius 2 is 1.72 bits per heavy atom. The lowest BCUT2D eigenvalue weighted by Crippen LogP contribution is -2.30. The van der Waals surface area contributed by atoms with Gasteiger partial charge in [0.05, 0.1) is 6.54 Å². The number of nitrogens with zero attached hydrogens (tertiary/aromatic N) is 1. The number of likely N-dealkylation sites (tertiary alicyclic amines) is 1. The molecule has 1 heterocycles. The van der Waals surface area contributed by atoms with Gasteiger partial charge in [0.15, 0.2) is 5.78 Å². The van der Waals surface area contributed by atoms with Crippen molar-refractivity contribution in [2.75, 3.05) is 25.9 Å². The van der Waals surface area contributed by atoms with Gasteiger partial charge in [-0.05, 0) is 44.3 Å². The minimum atomic E-state index is 0.254. The molecule has 0 radical (unpaired) electrons. The Hall–Kier alpha value is -0.800. The summed E-state index contributed by atoms with van der Waals surface area (Å²) in [7, 11) is 0. The van der Waals surface area contributed by atoms with Crippen molar-refractivity contribution in [1.82, 2.24) is 4.90 Å². The van der Waals surface area contributed by atoms with Crippen molar-refractivity contribution < 1.29 is 4.79 Å². The Bertz CT molecular complexity index is 380. The van der Waals surface area contributed by atoms with E-state index in [1.807, 2.05) is 30.5 Å². The minimum Gasteiger partial charge on any atom is -0.296 e. The fraction of sp³-hybridized carbons (Fsp3) is 0.533. The number of benzene rings is 1. The Kier molecular flexibility index (Phi) is 5.26. The molecule has 18 heavy (non-hydrogen) atoms. The van der Waals surface area contributed by atoms with Crippen LogP contribution in [-0.2, 0) is 0 Å². The number of rotatable bonds is 4. The molecule has 0 N–H and O–H groups in total. The van der Waals surface area contributed by atoms with E-state index in [0.29, 0.717) is 6.54 Å². The number of Topliss-reactive ketones (excluding diaryl/α,β-unsaturated/α-hetero) is 1. The molecule has 98 valence electrons. The van der Waals surface area contributed by atoms with Gasteiger partial charge in [0.1, 0.15) is 0 Å². The van der Waals surface area contributed by atoms with Gasteiger partial charge >= 0.3 is 0 Å². The fourth-order valence-electron chi connectivity index (χ4n) is 2.37. The Balaban J connectivity index is 1.93. The molecule has 0 amide bonds. The number of ketones is 1. The highest BCUT2D eigenvalue weighted by molar-refractivity contribution is 7.98. The van der Waals surface area contributed by atoms with Crippen molar-refractivity contribution in [2.45, 2.75) is 30.6 Å². The molecule has 3 heteroatoms. The number of hydrogen-bond acceptors (Lipinski definition) is 3. The molecule has 1 saturated heterocycles. The highest BCUT2D eigenvalue weighted by Crippen LogP contribution is 2.16. The summed E-state index contributed by atoms with van der Waals surface area (Å²) in [6, 6.07) is 7.96. The molecular weight excluding hydrogens is 242 g/mol. The van der Waals surface area contributed by atoms with Crippen LogP contribution >= 0.6 is 11.8 Å². The first-order chi connectivity index (χ1) is 8.79. The van der Waals surface area contributed by atoms with Gasteiger partial charge in [-0.3, -0.25) is 9.69 Å². The maximum atomic E-state index is 12.2. The molecule has 0 spiro atoms. The van der Waals surface area contributed by atoms with E-state index < -0.39 is 0 Å². The lowest BCUT2D eigenvalue weighted by molar-refractivity contribution is 0.0933. The van der Waals surface area contributed by atoms with Gasteiger partial charge in [-0.2, -0.15) is 0 Å². The third-order valence-corrected chi connectivity index (χ3v) is 4.22. The molecular formula is C15H21NOS. The van der Waals surface area contributed by atoms with E-state index in [-0.39, 0.29) is 5.78 Å². The van der Waals surface area contributed by atoms with E-state index in [1.165, 1.54) is 30.6 Å². The number of carbonyl (C=O) groups is 1. The highest BCUT2D eigenvalue weighted by Gasteiger charge is 2.14. The van der Waals surface area contributed by atoms with Gasteiger partial charge in [0.25, 0.3) is 0 Å². The maximum absolute atomic E-state index is 12.2. The quantitative estimate of drug-likeness (QED) is 0.613. The van der Waals surface area contributed by atoms with Crippen molar-refractivity contribution >= 4 is 17.5 Å². The second-order valence-electron chi connectivity index (χ2n) is 4.84. The van der Waals surface area contributed by atoms with Crippen LogP contribution in [-0.4, -0.2) is 36.6 Å². The summed E-state index contributed by atoms with van der Waals surface area (Å²) in [5.41, 5.74) is 0.844. The maximum Gasteiger partial charge on any atom is 0.176 e. The van der Waals surface area contributed by atoms with Crippen molar-refractivity contribution in [3.05, 3.63) is 29.8 Å². The molecule has 0 bridgehead atoms. The lowest BCUT2D eigenvalue weighted by atomic mass is 10.1. The molecule has 1 aliphatic rings. The number of carbonyl (C=O) groups excluding carboxylic acids is 1. The second kappa shape index (κ2) is 6.95. The average Bonchev–Trinajstić information content (AvgIpc) is 2.67. The Labute approximate surface area is 114 Å². The lowest BCUT2D eigenvalue weighted by Gasteiger charge is -2.18. The molecule has 0 unspecified atom stereocenters. The molecule has 1 aliphatic heterocycles. The average molecular weight is 263 g/mol.